The summed E-state index contributed by atoms with van der Waals surface area (Å²) in [5.74, 6) is 0.0182. The average molecular weight is 588 g/mol. The molecule has 13 nitrogen and oxygen atoms in total. The van der Waals surface area contributed by atoms with Crippen LogP contribution in [0.25, 0.3) is 5.69 Å². The number of nitro benzene ring substituents is 1. The van der Waals surface area contributed by atoms with Crippen LogP contribution in [-0.2, 0) is 14.8 Å². The summed E-state index contributed by atoms with van der Waals surface area (Å²) >= 11 is 0. The molecule has 0 radical (unpaired) electrons. The first-order chi connectivity index (χ1) is 19.5. The third-order valence-corrected chi connectivity index (χ3v) is 7.88. The number of amides is 1. The number of nitro groups is 1. The summed E-state index contributed by atoms with van der Waals surface area (Å²) in [6.07, 6.45) is 1.69. The van der Waals surface area contributed by atoms with E-state index in [4.69, 9.17) is 14.2 Å². The van der Waals surface area contributed by atoms with Crippen LogP contribution in [0.15, 0.2) is 47.4 Å². The molecule has 3 aromatic rings. The fraction of sp³-hybridized carbons (Fsp3) is 0.407. The summed E-state index contributed by atoms with van der Waals surface area (Å²) in [4.78, 5) is 23.5. The Hall–Kier alpha value is -4.01. The van der Waals surface area contributed by atoms with E-state index < -0.39 is 31.4 Å². The van der Waals surface area contributed by atoms with Gasteiger partial charge in [0.15, 0.2) is 5.69 Å². The van der Waals surface area contributed by atoms with Gasteiger partial charge in [0.2, 0.25) is 15.9 Å². The van der Waals surface area contributed by atoms with Crippen LogP contribution in [-0.4, -0.2) is 61.9 Å². The fourth-order valence-electron chi connectivity index (χ4n) is 4.17. The first kappa shape index (κ1) is 30.0. The van der Waals surface area contributed by atoms with Crippen LogP contribution < -0.4 is 19.5 Å². The van der Waals surface area contributed by atoms with E-state index in [1.165, 1.54) is 17.9 Å². The molecule has 1 fully saturated rings. The van der Waals surface area contributed by atoms with Crippen molar-refractivity contribution in [2.45, 2.75) is 44.6 Å². The molecule has 1 saturated heterocycles. The molecule has 0 bridgehead atoms. The lowest BCUT2D eigenvalue weighted by Gasteiger charge is -2.15. The van der Waals surface area contributed by atoms with E-state index in [9.17, 15) is 23.3 Å². The van der Waals surface area contributed by atoms with Crippen LogP contribution >= 0.6 is 0 Å². The number of hydrogen-bond acceptors (Lipinski definition) is 9. The highest BCUT2D eigenvalue weighted by atomic mass is 32.2. The number of aromatic nitrogens is 2. The molecule has 41 heavy (non-hydrogen) atoms. The fourth-order valence-corrected chi connectivity index (χ4v) is 5.53. The third kappa shape index (κ3) is 7.01. The van der Waals surface area contributed by atoms with Crippen molar-refractivity contribution in [2.24, 2.45) is 5.92 Å². The van der Waals surface area contributed by atoms with Crippen molar-refractivity contribution in [1.29, 1.82) is 0 Å². The van der Waals surface area contributed by atoms with Gasteiger partial charge in [-0.2, -0.15) is 9.78 Å². The lowest BCUT2D eigenvalue weighted by atomic mass is 10.2. The SMILES string of the molecule is COc1ccc(-n2nc(C(=O)NC[C@@H]3CCCO3)c(C)c2Oc2ccc([N+](=O)[O-])cc2S(=O)(=O)NCC(C)C)cc1. The molecule has 0 aliphatic carbocycles. The van der Waals surface area contributed by atoms with Crippen LogP contribution in [0.3, 0.4) is 0 Å². The number of methoxy groups -OCH3 is 1. The maximum absolute atomic E-state index is 13.2. The van der Waals surface area contributed by atoms with Gasteiger partial charge in [0.05, 0.1) is 23.8 Å². The Balaban J connectivity index is 1.78. The van der Waals surface area contributed by atoms with Gasteiger partial charge in [-0.3, -0.25) is 14.9 Å². The van der Waals surface area contributed by atoms with E-state index in [0.717, 1.165) is 25.0 Å². The predicted molar refractivity (Wildman–Crippen MR) is 149 cm³/mol. The smallest absolute Gasteiger partial charge is 0.272 e. The number of hydrogen-bond donors (Lipinski definition) is 2. The van der Waals surface area contributed by atoms with Crippen molar-refractivity contribution in [1.82, 2.24) is 19.8 Å². The number of rotatable bonds is 12. The maximum Gasteiger partial charge on any atom is 0.272 e. The normalized spacial score (nSPS) is 15.2. The van der Waals surface area contributed by atoms with Crippen molar-refractivity contribution >= 4 is 21.6 Å². The van der Waals surface area contributed by atoms with Crippen LogP contribution in [0, 0.1) is 23.0 Å². The minimum absolute atomic E-state index is 0.0118. The molecule has 220 valence electrons. The largest absolute Gasteiger partial charge is 0.497 e. The number of nitrogens with zero attached hydrogens (tertiary/aromatic N) is 3. The molecule has 1 aliphatic heterocycles. The molecule has 2 heterocycles. The molecule has 0 spiro atoms. The van der Waals surface area contributed by atoms with Crippen LogP contribution in [0.4, 0.5) is 5.69 Å². The van der Waals surface area contributed by atoms with E-state index in [2.05, 4.69) is 15.1 Å². The highest BCUT2D eigenvalue weighted by Crippen LogP contribution is 2.36. The van der Waals surface area contributed by atoms with Gasteiger partial charge in [0.1, 0.15) is 16.4 Å². The molecule has 1 aromatic heterocycles. The van der Waals surface area contributed by atoms with Gasteiger partial charge in [-0.05, 0) is 56.0 Å². The Labute approximate surface area is 238 Å². The number of carbonyl (C=O) groups excluding carboxylic acids is 1. The number of carbonyl (C=O) groups is 1. The van der Waals surface area contributed by atoms with Crippen molar-refractivity contribution in [2.75, 3.05) is 26.8 Å². The predicted octanol–water partition coefficient (Wildman–Crippen LogP) is 3.73. The monoisotopic (exact) mass is 587 g/mol. The molecule has 14 heteroatoms. The van der Waals surface area contributed by atoms with E-state index in [0.29, 0.717) is 30.2 Å². The van der Waals surface area contributed by atoms with Crippen LogP contribution in [0.2, 0.25) is 0 Å². The third-order valence-electron chi connectivity index (χ3n) is 6.43. The number of ether oxygens (including phenoxy) is 3. The van der Waals surface area contributed by atoms with E-state index in [-0.39, 0.29) is 35.9 Å². The highest BCUT2D eigenvalue weighted by molar-refractivity contribution is 7.89. The Morgan fingerprint density at radius 3 is 2.59 bits per heavy atom. The van der Waals surface area contributed by atoms with Gasteiger partial charge in [0.25, 0.3) is 11.6 Å². The summed E-state index contributed by atoms with van der Waals surface area (Å²) in [6.45, 7) is 6.36. The standard InChI is InChI=1S/C27H33N5O8S/c1-17(2)15-29-41(36,37)24-14-20(32(34)35)9-12-23(24)40-27-18(3)25(26(33)28-16-22-6-5-13-39-22)30-31(27)19-7-10-21(38-4)11-8-19/h7-12,14,17,22,29H,5-6,13,15-16H2,1-4H3,(H,28,33)/t22-/m0/s1. The summed E-state index contributed by atoms with van der Waals surface area (Å²) < 4.78 is 47.3. The molecule has 0 saturated carbocycles. The zero-order valence-electron chi connectivity index (χ0n) is 23.2. The summed E-state index contributed by atoms with van der Waals surface area (Å²) in [5.41, 5.74) is 0.490. The van der Waals surface area contributed by atoms with Crippen molar-refractivity contribution in [3.8, 4) is 23.1 Å². The number of non-ortho nitro benzene ring substituents is 1. The van der Waals surface area contributed by atoms with Crippen LogP contribution in [0.5, 0.6) is 17.4 Å². The summed E-state index contributed by atoms with van der Waals surface area (Å²) in [7, 11) is -2.68. The molecule has 2 aromatic carbocycles. The first-order valence-electron chi connectivity index (χ1n) is 13.1. The zero-order valence-corrected chi connectivity index (χ0v) is 24.1. The highest BCUT2D eigenvalue weighted by Gasteiger charge is 2.28. The van der Waals surface area contributed by atoms with Gasteiger partial charge in [-0.15, -0.1) is 0 Å². The average Bonchev–Trinajstić information content (AvgIpc) is 3.59. The number of benzene rings is 2. The molecule has 2 N–H and O–H groups in total. The Morgan fingerprint density at radius 2 is 1.98 bits per heavy atom. The molecule has 4 rings (SSSR count). The van der Waals surface area contributed by atoms with Gasteiger partial charge < -0.3 is 19.5 Å². The lowest BCUT2D eigenvalue weighted by Crippen LogP contribution is -2.32. The Morgan fingerprint density at radius 1 is 1.24 bits per heavy atom. The van der Waals surface area contributed by atoms with Gasteiger partial charge >= 0.3 is 0 Å². The quantitative estimate of drug-likeness (QED) is 0.237. The Bertz CT molecular complexity index is 1510. The molecule has 1 aliphatic rings. The molecular formula is C27H33N5O8S. The van der Waals surface area contributed by atoms with Crippen molar-refractivity contribution < 1.29 is 32.3 Å². The second-order valence-electron chi connectivity index (χ2n) is 9.97. The minimum Gasteiger partial charge on any atom is -0.497 e. The second-order valence-corrected chi connectivity index (χ2v) is 11.7. The summed E-state index contributed by atoms with van der Waals surface area (Å²) in [6, 6.07) is 10.1. The number of nitrogens with one attached hydrogen (secondary N) is 2. The first-order valence-corrected chi connectivity index (χ1v) is 14.6. The zero-order chi connectivity index (χ0) is 29.7. The minimum atomic E-state index is -4.21. The number of sulfonamides is 1. The van der Waals surface area contributed by atoms with Gasteiger partial charge in [-0.25, -0.2) is 13.1 Å². The van der Waals surface area contributed by atoms with E-state index in [1.807, 2.05) is 13.8 Å². The second kappa shape index (κ2) is 12.7. The van der Waals surface area contributed by atoms with Crippen LogP contribution in [0.1, 0.15) is 42.7 Å². The molecular weight excluding hydrogens is 554 g/mol. The summed E-state index contributed by atoms with van der Waals surface area (Å²) in [5, 5.41) is 18.8. The Kier molecular flexibility index (Phi) is 9.25. The van der Waals surface area contributed by atoms with E-state index >= 15 is 0 Å². The molecule has 1 amide bonds. The van der Waals surface area contributed by atoms with Crippen molar-refractivity contribution in [3.05, 3.63) is 63.8 Å². The lowest BCUT2D eigenvalue weighted by molar-refractivity contribution is -0.385. The van der Waals surface area contributed by atoms with Crippen molar-refractivity contribution in [3.63, 3.8) is 0 Å². The topological polar surface area (TPSA) is 164 Å². The van der Waals surface area contributed by atoms with E-state index in [1.54, 1.807) is 31.2 Å². The molecule has 0 unspecified atom stereocenters. The van der Waals surface area contributed by atoms with Gasteiger partial charge in [0, 0.05) is 37.4 Å². The maximum atomic E-state index is 13.2. The molecule has 1 atom stereocenters. The van der Waals surface area contributed by atoms with Gasteiger partial charge in [-0.1, -0.05) is 13.8 Å².